The van der Waals surface area contributed by atoms with Gasteiger partial charge in [0.15, 0.2) is 0 Å². The van der Waals surface area contributed by atoms with E-state index in [1.807, 2.05) is 30.3 Å². The molecule has 0 saturated heterocycles. The summed E-state index contributed by atoms with van der Waals surface area (Å²) in [6, 6.07) is 17.7. The molecule has 0 saturated carbocycles. The van der Waals surface area contributed by atoms with E-state index in [0.29, 0.717) is 22.1 Å². The molecule has 3 rings (SSSR count). The van der Waals surface area contributed by atoms with Crippen LogP contribution in [0, 0.1) is 11.3 Å². The van der Waals surface area contributed by atoms with Gasteiger partial charge < -0.3 is 9.84 Å². The van der Waals surface area contributed by atoms with Gasteiger partial charge in [0.25, 0.3) is 0 Å². The number of nitrogens with zero attached hydrogens (tertiary/aromatic N) is 1. The van der Waals surface area contributed by atoms with Gasteiger partial charge in [0.05, 0.1) is 10.6 Å². The van der Waals surface area contributed by atoms with Crippen LogP contribution in [0.1, 0.15) is 5.56 Å². The molecule has 3 aromatic carbocycles. The first-order valence-electron chi connectivity index (χ1n) is 6.26. The maximum Gasteiger partial charge on any atom is 0.129 e. The van der Waals surface area contributed by atoms with E-state index < -0.39 is 0 Å². The number of rotatable bonds is 2. The van der Waals surface area contributed by atoms with Crippen molar-refractivity contribution in [2.24, 2.45) is 0 Å². The molecule has 0 spiro atoms. The van der Waals surface area contributed by atoms with Crippen LogP contribution in [0.25, 0.3) is 10.8 Å². The summed E-state index contributed by atoms with van der Waals surface area (Å²) in [5, 5.41) is 20.6. The molecule has 0 aliphatic carbocycles. The molecule has 0 atom stereocenters. The van der Waals surface area contributed by atoms with Crippen molar-refractivity contribution in [2.75, 3.05) is 0 Å². The number of phenols is 1. The Morgan fingerprint density at radius 1 is 0.905 bits per heavy atom. The number of hydrogen-bond acceptors (Lipinski definition) is 3. The Morgan fingerprint density at radius 3 is 2.38 bits per heavy atom. The fourth-order valence-corrected chi connectivity index (χ4v) is 2.27. The highest BCUT2D eigenvalue weighted by Gasteiger charge is 2.04. The predicted octanol–water partition coefficient (Wildman–Crippen LogP) is 4.86. The summed E-state index contributed by atoms with van der Waals surface area (Å²) in [7, 11) is 0. The molecule has 3 nitrogen and oxygen atoms in total. The molecular formula is C17H10ClNO2. The van der Waals surface area contributed by atoms with E-state index in [1.165, 1.54) is 0 Å². The first-order chi connectivity index (χ1) is 10.2. The SMILES string of the molecule is N#Cc1ccc(Oc2ccc3ccc(O)cc3c2)cc1Cl. The summed E-state index contributed by atoms with van der Waals surface area (Å²) in [4.78, 5) is 0. The van der Waals surface area contributed by atoms with Crippen molar-refractivity contribution in [1.29, 1.82) is 5.26 Å². The maximum absolute atomic E-state index is 9.52. The van der Waals surface area contributed by atoms with E-state index in [1.54, 1.807) is 30.3 Å². The van der Waals surface area contributed by atoms with Crippen LogP contribution in [0.2, 0.25) is 5.02 Å². The molecule has 0 amide bonds. The molecule has 0 radical (unpaired) electrons. The fraction of sp³-hybridized carbons (Fsp3) is 0. The molecule has 0 aliphatic rings. The van der Waals surface area contributed by atoms with E-state index >= 15 is 0 Å². The van der Waals surface area contributed by atoms with Crippen molar-refractivity contribution in [1.82, 2.24) is 0 Å². The number of aromatic hydroxyl groups is 1. The lowest BCUT2D eigenvalue weighted by molar-refractivity contribution is 0.476. The summed E-state index contributed by atoms with van der Waals surface area (Å²) < 4.78 is 5.73. The number of halogens is 1. The topological polar surface area (TPSA) is 53.2 Å². The van der Waals surface area contributed by atoms with Crippen molar-refractivity contribution in [3.63, 3.8) is 0 Å². The smallest absolute Gasteiger partial charge is 0.129 e. The number of hydrogen-bond donors (Lipinski definition) is 1. The van der Waals surface area contributed by atoms with E-state index in [-0.39, 0.29) is 5.75 Å². The molecule has 0 unspecified atom stereocenters. The highest BCUT2D eigenvalue weighted by molar-refractivity contribution is 6.31. The maximum atomic E-state index is 9.52. The van der Waals surface area contributed by atoms with Gasteiger partial charge in [-0.2, -0.15) is 5.26 Å². The molecule has 0 aromatic heterocycles. The van der Waals surface area contributed by atoms with Gasteiger partial charge in [0, 0.05) is 6.07 Å². The van der Waals surface area contributed by atoms with Gasteiger partial charge in [-0.1, -0.05) is 23.7 Å². The van der Waals surface area contributed by atoms with Crippen LogP contribution in [0.3, 0.4) is 0 Å². The minimum Gasteiger partial charge on any atom is -0.508 e. The summed E-state index contributed by atoms with van der Waals surface area (Å²) in [5.74, 6) is 1.40. The van der Waals surface area contributed by atoms with Crippen LogP contribution in [0.5, 0.6) is 17.2 Å². The third-order valence-corrected chi connectivity index (χ3v) is 3.40. The van der Waals surface area contributed by atoms with E-state index in [0.717, 1.165) is 10.8 Å². The Labute approximate surface area is 126 Å². The second kappa shape index (κ2) is 5.35. The Hall–Kier alpha value is -2.70. The molecule has 0 heterocycles. The zero-order chi connectivity index (χ0) is 14.8. The number of benzene rings is 3. The first kappa shape index (κ1) is 13.3. The second-order valence-electron chi connectivity index (χ2n) is 4.55. The fourth-order valence-electron chi connectivity index (χ4n) is 2.06. The molecule has 3 aromatic rings. The molecule has 4 heteroatoms. The summed E-state index contributed by atoms with van der Waals surface area (Å²) >= 11 is 5.98. The molecule has 0 bridgehead atoms. The molecule has 0 aliphatic heterocycles. The lowest BCUT2D eigenvalue weighted by Crippen LogP contribution is -1.86. The molecule has 1 N–H and O–H groups in total. The molecule has 21 heavy (non-hydrogen) atoms. The van der Waals surface area contributed by atoms with E-state index in [4.69, 9.17) is 21.6 Å². The van der Waals surface area contributed by atoms with Crippen LogP contribution in [-0.4, -0.2) is 5.11 Å². The Balaban J connectivity index is 1.94. The minimum atomic E-state index is 0.209. The normalized spacial score (nSPS) is 10.3. The van der Waals surface area contributed by atoms with Crippen LogP contribution in [0.15, 0.2) is 54.6 Å². The van der Waals surface area contributed by atoms with Crippen LogP contribution < -0.4 is 4.74 Å². The van der Waals surface area contributed by atoms with Crippen LogP contribution >= 0.6 is 11.6 Å². The van der Waals surface area contributed by atoms with Crippen molar-refractivity contribution in [3.05, 3.63) is 65.2 Å². The zero-order valence-corrected chi connectivity index (χ0v) is 11.6. The van der Waals surface area contributed by atoms with Crippen molar-refractivity contribution >= 4 is 22.4 Å². The van der Waals surface area contributed by atoms with Gasteiger partial charge in [0.1, 0.15) is 23.3 Å². The minimum absolute atomic E-state index is 0.209. The molecule has 102 valence electrons. The van der Waals surface area contributed by atoms with Gasteiger partial charge in [0.2, 0.25) is 0 Å². The number of phenolic OH excluding ortho intramolecular Hbond substituents is 1. The van der Waals surface area contributed by atoms with E-state index in [9.17, 15) is 5.11 Å². The van der Waals surface area contributed by atoms with E-state index in [2.05, 4.69) is 0 Å². The largest absolute Gasteiger partial charge is 0.508 e. The zero-order valence-electron chi connectivity index (χ0n) is 10.9. The lowest BCUT2D eigenvalue weighted by atomic mass is 10.1. The predicted molar refractivity (Wildman–Crippen MR) is 81.9 cm³/mol. The Morgan fingerprint density at radius 2 is 1.62 bits per heavy atom. The van der Waals surface area contributed by atoms with Gasteiger partial charge in [-0.15, -0.1) is 0 Å². The number of ether oxygens (including phenoxy) is 1. The first-order valence-corrected chi connectivity index (χ1v) is 6.64. The quantitative estimate of drug-likeness (QED) is 0.734. The number of nitriles is 1. The highest BCUT2D eigenvalue weighted by Crippen LogP contribution is 2.29. The van der Waals surface area contributed by atoms with Crippen molar-refractivity contribution in [2.45, 2.75) is 0 Å². The van der Waals surface area contributed by atoms with Crippen LogP contribution in [0.4, 0.5) is 0 Å². The standard InChI is InChI=1S/C17H10ClNO2/c18-17-9-16(6-3-12(17)10-19)21-15-5-2-11-1-4-14(20)7-13(11)8-15/h1-9,20H. The third kappa shape index (κ3) is 2.76. The van der Waals surface area contributed by atoms with Crippen LogP contribution in [-0.2, 0) is 0 Å². The van der Waals surface area contributed by atoms with Gasteiger partial charge >= 0.3 is 0 Å². The monoisotopic (exact) mass is 295 g/mol. The van der Waals surface area contributed by atoms with Gasteiger partial charge in [-0.25, -0.2) is 0 Å². The molecular weight excluding hydrogens is 286 g/mol. The average Bonchev–Trinajstić information content (AvgIpc) is 2.47. The van der Waals surface area contributed by atoms with Crippen molar-refractivity contribution < 1.29 is 9.84 Å². The third-order valence-electron chi connectivity index (χ3n) is 3.09. The summed E-state index contributed by atoms with van der Waals surface area (Å²) in [6.07, 6.45) is 0. The summed E-state index contributed by atoms with van der Waals surface area (Å²) in [6.45, 7) is 0. The summed E-state index contributed by atoms with van der Waals surface area (Å²) in [5.41, 5.74) is 0.410. The average molecular weight is 296 g/mol. The Kier molecular flexibility index (Phi) is 3.39. The second-order valence-corrected chi connectivity index (χ2v) is 4.96. The van der Waals surface area contributed by atoms with Crippen molar-refractivity contribution in [3.8, 4) is 23.3 Å². The Bertz CT molecular complexity index is 868. The lowest BCUT2D eigenvalue weighted by Gasteiger charge is -2.08. The van der Waals surface area contributed by atoms with Gasteiger partial charge in [-0.3, -0.25) is 0 Å². The molecule has 0 fully saturated rings. The highest BCUT2D eigenvalue weighted by atomic mass is 35.5. The van der Waals surface area contributed by atoms with Gasteiger partial charge in [-0.05, 0) is 47.2 Å². The number of fused-ring (bicyclic) bond motifs is 1.